The SMILES string of the molecule is Cc1nn(-c2ccccn2)c(C)c1CCNC(=O)c1ccc(Br)cc1. The van der Waals surface area contributed by atoms with Gasteiger partial charge in [0.25, 0.3) is 5.91 Å². The number of carbonyl (C=O) groups is 1. The quantitative estimate of drug-likeness (QED) is 0.713. The molecular formula is C19H19BrN4O. The molecule has 2 aromatic heterocycles. The molecule has 6 heteroatoms. The highest BCUT2D eigenvalue weighted by Crippen LogP contribution is 2.17. The van der Waals surface area contributed by atoms with Gasteiger partial charge in [0, 0.05) is 28.5 Å². The number of hydrogen-bond donors (Lipinski definition) is 1. The minimum Gasteiger partial charge on any atom is -0.352 e. The summed E-state index contributed by atoms with van der Waals surface area (Å²) < 4.78 is 2.80. The number of carbonyl (C=O) groups excluding carboxylic acids is 1. The van der Waals surface area contributed by atoms with E-state index < -0.39 is 0 Å². The van der Waals surface area contributed by atoms with E-state index in [0.717, 1.165) is 33.7 Å². The van der Waals surface area contributed by atoms with E-state index in [4.69, 9.17) is 0 Å². The van der Waals surface area contributed by atoms with Crippen molar-refractivity contribution in [2.24, 2.45) is 0 Å². The lowest BCUT2D eigenvalue weighted by molar-refractivity contribution is 0.0954. The standard InChI is InChI=1S/C19H19BrN4O/c1-13-17(14(2)24(23-13)18-5-3-4-11-21-18)10-12-22-19(25)15-6-8-16(20)9-7-15/h3-9,11H,10,12H2,1-2H3,(H,22,25). The van der Waals surface area contributed by atoms with Crippen LogP contribution in [0.1, 0.15) is 27.3 Å². The Hall–Kier alpha value is -2.47. The third-order valence-electron chi connectivity index (χ3n) is 4.07. The van der Waals surface area contributed by atoms with Crippen molar-refractivity contribution < 1.29 is 4.79 Å². The molecule has 1 amide bonds. The number of halogens is 1. The lowest BCUT2D eigenvalue weighted by atomic mass is 10.1. The van der Waals surface area contributed by atoms with Gasteiger partial charge in [-0.3, -0.25) is 4.79 Å². The van der Waals surface area contributed by atoms with Crippen LogP contribution in [0, 0.1) is 13.8 Å². The first-order valence-electron chi connectivity index (χ1n) is 8.06. The van der Waals surface area contributed by atoms with Crippen LogP contribution in [0.4, 0.5) is 0 Å². The summed E-state index contributed by atoms with van der Waals surface area (Å²) in [5.74, 6) is 0.730. The van der Waals surface area contributed by atoms with E-state index in [1.165, 1.54) is 0 Å². The highest BCUT2D eigenvalue weighted by molar-refractivity contribution is 9.10. The van der Waals surface area contributed by atoms with Crippen molar-refractivity contribution in [3.05, 3.63) is 75.6 Å². The van der Waals surface area contributed by atoms with Crippen LogP contribution in [0.3, 0.4) is 0 Å². The summed E-state index contributed by atoms with van der Waals surface area (Å²) in [5, 5.41) is 7.55. The van der Waals surface area contributed by atoms with E-state index in [-0.39, 0.29) is 5.91 Å². The second kappa shape index (κ2) is 7.61. The van der Waals surface area contributed by atoms with E-state index in [9.17, 15) is 4.79 Å². The summed E-state index contributed by atoms with van der Waals surface area (Å²) in [6.45, 7) is 4.57. The fraction of sp³-hybridized carbons (Fsp3) is 0.211. The molecule has 0 saturated carbocycles. The van der Waals surface area contributed by atoms with E-state index in [2.05, 4.69) is 31.3 Å². The number of hydrogen-bond acceptors (Lipinski definition) is 3. The number of nitrogens with one attached hydrogen (secondary N) is 1. The maximum absolute atomic E-state index is 12.2. The molecule has 0 unspecified atom stereocenters. The molecule has 0 atom stereocenters. The molecule has 0 aliphatic heterocycles. The molecule has 3 rings (SSSR count). The maximum atomic E-state index is 12.2. The maximum Gasteiger partial charge on any atom is 0.251 e. The van der Waals surface area contributed by atoms with Crippen LogP contribution in [-0.2, 0) is 6.42 Å². The molecule has 0 bridgehead atoms. The first-order chi connectivity index (χ1) is 12.1. The molecule has 0 aliphatic carbocycles. The molecular weight excluding hydrogens is 380 g/mol. The first kappa shape index (κ1) is 17.4. The lowest BCUT2D eigenvalue weighted by Crippen LogP contribution is -2.25. The van der Waals surface area contributed by atoms with Crippen LogP contribution in [0.2, 0.25) is 0 Å². The summed E-state index contributed by atoms with van der Waals surface area (Å²) in [6, 6.07) is 13.1. The minimum atomic E-state index is -0.0695. The highest BCUT2D eigenvalue weighted by Gasteiger charge is 2.13. The van der Waals surface area contributed by atoms with Crippen LogP contribution in [0.15, 0.2) is 53.1 Å². The van der Waals surface area contributed by atoms with Crippen molar-refractivity contribution in [3.63, 3.8) is 0 Å². The number of nitrogens with zero attached hydrogens (tertiary/aromatic N) is 3. The zero-order chi connectivity index (χ0) is 17.8. The van der Waals surface area contributed by atoms with Crippen molar-refractivity contribution >= 4 is 21.8 Å². The minimum absolute atomic E-state index is 0.0695. The van der Waals surface area contributed by atoms with E-state index in [1.807, 2.05) is 48.9 Å². The number of pyridine rings is 1. The Morgan fingerprint density at radius 2 is 1.92 bits per heavy atom. The van der Waals surface area contributed by atoms with Gasteiger partial charge >= 0.3 is 0 Å². The molecule has 1 N–H and O–H groups in total. The Morgan fingerprint density at radius 1 is 1.16 bits per heavy atom. The van der Waals surface area contributed by atoms with E-state index in [1.54, 1.807) is 18.3 Å². The molecule has 25 heavy (non-hydrogen) atoms. The Bertz CT molecular complexity index is 872. The molecule has 0 aliphatic rings. The molecule has 2 heterocycles. The zero-order valence-electron chi connectivity index (χ0n) is 14.2. The highest BCUT2D eigenvalue weighted by atomic mass is 79.9. The van der Waals surface area contributed by atoms with Crippen LogP contribution < -0.4 is 5.32 Å². The molecule has 0 spiro atoms. The summed E-state index contributed by atoms with van der Waals surface area (Å²) >= 11 is 3.37. The molecule has 0 fully saturated rings. The molecule has 5 nitrogen and oxygen atoms in total. The largest absolute Gasteiger partial charge is 0.352 e. The van der Waals surface area contributed by atoms with Crippen LogP contribution in [-0.4, -0.2) is 27.2 Å². The molecule has 3 aromatic rings. The van der Waals surface area contributed by atoms with Crippen molar-refractivity contribution in [3.8, 4) is 5.82 Å². The fourth-order valence-corrected chi connectivity index (χ4v) is 3.01. The molecule has 0 radical (unpaired) electrons. The zero-order valence-corrected chi connectivity index (χ0v) is 15.7. The number of benzene rings is 1. The van der Waals surface area contributed by atoms with Gasteiger partial charge in [0.15, 0.2) is 5.82 Å². The van der Waals surface area contributed by atoms with Gasteiger partial charge in [0.1, 0.15) is 0 Å². The van der Waals surface area contributed by atoms with Crippen LogP contribution in [0.5, 0.6) is 0 Å². The fourth-order valence-electron chi connectivity index (χ4n) is 2.74. The third kappa shape index (κ3) is 3.96. The van der Waals surface area contributed by atoms with Gasteiger partial charge in [-0.25, -0.2) is 9.67 Å². The average Bonchev–Trinajstić information content (AvgIpc) is 2.91. The van der Waals surface area contributed by atoms with E-state index >= 15 is 0 Å². The average molecular weight is 399 g/mol. The van der Waals surface area contributed by atoms with Crippen molar-refractivity contribution in [2.75, 3.05) is 6.54 Å². The van der Waals surface area contributed by atoms with Crippen LogP contribution >= 0.6 is 15.9 Å². The van der Waals surface area contributed by atoms with Gasteiger partial charge in [-0.2, -0.15) is 5.10 Å². The molecule has 128 valence electrons. The summed E-state index contributed by atoms with van der Waals surface area (Å²) in [7, 11) is 0. The summed E-state index contributed by atoms with van der Waals surface area (Å²) in [5.41, 5.74) is 3.80. The molecule has 0 saturated heterocycles. The number of aromatic nitrogens is 3. The predicted octanol–water partition coefficient (Wildman–Crippen LogP) is 3.62. The van der Waals surface area contributed by atoms with Gasteiger partial charge < -0.3 is 5.32 Å². The topological polar surface area (TPSA) is 59.8 Å². The smallest absolute Gasteiger partial charge is 0.251 e. The number of amides is 1. The van der Waals surface area contributed by atoms with Crippen molar-refractivity contribution in [1.29, 1.82) is 0 Å². The molecule has 1 aromatic carbocycles. The summed E-state index contributed by atoms with van der Waals surface area (Å²) in [6.07, 6.45) is 2.48. The van der Waals surface area contributed by atoms with Gasteiger partial charge in [-0.15, -0.1) is 0 Å². The number of rotatable bonds is 5. The normalized spacial score (nSPS) is 10.7. The third-order valence-corrected chi connectivity index (χ3v) is 4.60. The predicted molar refractivity (Wildman–Crippen MR) is 101 cm³/mol. The summed E-state index contributed by atoms with van der Waals surface area (Å²) in [4.78, 5) is 16.5. The first-order valence-corrected chi connectivity index (χ1v) is 8.86. The van der Waals surface area contributed by atoms with Gasteiger partial charge in [-0.1, -0.05) is 22.0 Å². The lowest BCUT2D eigenvalue weighted by Gasteiger charge is -2.07. The van der Waals surface area contributed by atoms with E-state index in [0.29, 0.717) is 12.1 Å². The second-order valence-corrected chi connectivity index (χ2v) is 6.68. The van der Waals surface area contributed by atoms with Crippen molar-refractivity contribution in [1.82, 2.24) is 20.1 Å². The number of aryl methyl sites for hydroxylation is 1. The van der Waals surface area contributed by atoms with Gasteiger partial charge in [-0.05, 0) is 62.2 Å². The second-order valence-electron chi connectivity index (χ2n) is 5.76. The van der Waals surface area contributed by atoms with Gasteiger partial charge in [0.2, 0.25) is 0 Å². The Kier molecular flexibility index (Phi) is 5.28. The Morgan fingerprint density at radius 3 is 2.60 bits per heavy atom. The Labute approximate surface area is 155 Å². The van der Waals surface area contributed by atoms with Crippen LogP contribution in [0.25, 0.3) is 5.82 Å². The monoisotopic (exact) mass is 398 g/mol. The van der Waals surface area contributed by atoms with Gasteiger partial charge in [0.05, 0.1) is 5.69 Å². The van der Waals surface area contributed by atoms with Crippen molar-refractivity contribution in [2.45, 2.75) is 20.3 Å². The Balaban J connectivity index is 1.67.